The van der Waals surface area contributed by atoms with Crippen molar-refractivity contribution in [2.75, 3.05) is 4.72 Å². The van der Waals surface area contributed by atoms with Gasteiger partial charge in [0.05, 0.1) is 0 Å². The molecule has 3 rings (SSSR count). The zero-order valence-electron chi connectivity index (χ0n) is 13.5. The summed E-state index contributed by atoms with van der Waals surface area (Å²) in [6, 6.07) is 27.9. The third-order valence-corrected chi connectivity index (χ3v) is 4.55. The first-order valence-electron chi connectivity index (χ1n) is 7.79. The highest BCUT2D eigenvalue weighted by Crippen LogP contribution is 2.24. The average Bonchev–Trinajstić information content (AvgIpc) is 2.63. The maximum atomic E-state index is 12.6. The van der Waals surface area contributed by atoms with Crippen molar-refractivity contribution in [1.29, 1.82) is 0 Å². The number of benzene rings is 3. The number of hydrogen-bond acceptors (Lipinski definition) is 1. The first kappa shape index (κ1) is 16.2. The van der Waals surface area contributed by atoms with Gasteiger partial charge in [-0.1, -0.05) is 78.4 Å². The Balaban J connectivity index is 1.91. The number of nitrogens with one attached hydrogen (secondary N) is 1. The van der Waals surface area contributed by atoms with Crippen LogP contribution in [0.2, 0.25) is 0 Å². The molecule has 0 aromatic heterocycles. The van der Waals surface area contributed by atoms with Crippen LogP contribution in [0.3, 0.4) is 0 Å². The van der Waals surface area contributed by atoms with E-state index in [-0.39, 0.29) is 0 Å². The lowest BCUT2D eigenvalue weighted by atomic mass is 10.00. The van der Waals surface area contributed by atoms with Crippen molar-refractivity contribution in [2.45, 2.75) is 6.92 Å². The van der Waals surface area contributed by atoms with Crippen LogP contribution < -0.4 is 4.72 Å². The normalized spacial score (nSPS) is 11.5. The van der Waals surface area contributed by atoms with Crippen molar-refractivity contribution < 1.29 is 4.21 Å². The second-order valence-corrected chi connectivity index (χ2v) is 6.56. The highest BCUT2D eigenvalue weighted by atomic mass is 32.2. The SMILES string of the molecule is Cc1ccc(NS(=O)C=C(c2ccccc2)c2ccccc2)cc1. The van der Waals surface area contributed by atoms with Gasteiger partial charge in [-0.2, -0.15) is 0 Å². The fraction of sp³-hybridized carbons (Fsp3) is 0.0476. The summed E-state index contributed by atoms with van der Waals surface area (Å²) in [5.74, 6) is 0. The van der Waals surface area contributed by atoms with Crippen molar-refractivity contribution in [3.63, 3.8) is 0 Å². The molecular weight excluding hydrogens is 314 g/mol. The molecule has 0 heterocycles. The summed E-state index contributed by atoms with van der Waals surface area (Å²) in [4.78, 5) is 0. The van der Waals surface area contributed by atoms with Crippen molar-refractivity contribution in [3.05, 3.63) is 107 Å². The summed E-state index contributed by atoms with van der Waals surface area (Å²) in [5, 5.41) is 1.77. The highest BCUT2D eigenvalue weighted by molar-refractivity contribution is 7.89. The van der Waals surface area contributed by atoms with Gasteiger partial charge in [-0.15, -0.1) is 0 Å². The Hall–Kier alpha value is -2.65. The van der Waals surface area contributed by atoms with Gasteiger partial charge < -0.3 is 4.72 Å². The lowest BCUT2D eigenvalue weighted by molar-refractivity contribution is 0.691. The molecule has 0 radical (unpaired) electrons. The van der Waals surface area contributed by atoms with Crippen LogP contribution in [0.25, 0.3) is 5.57 Å². The summed E-state index contributed by atoms with van der Waals surface area (Å²) in [5.41, 5.74) is 5.06. The molecule has 0 saturated carbocycles. The van der Waals surface area contributed by atoms with E-state index in [1.807, 2.05) is 91.9 Å². The molecule has 0 bridgehead atoms. The van der Waals surface area contributed by atoms with E-state index in [0.717, 1.165) is 22.4 Å². The molecule has 0 aliphatic carbocycles. The lowest BCUT2D eigenvalue weighted by Crippen LogP contribution is -2.02. The summed E-state index contributed by atoms with van der Waals surface area (Å²) in [6.45, 7) is 2.03. The number of hydrogen-bond donors (Lipinski definition) is 1. The molecule has 0 fully saturated rings. The molecule has 0 amide bonds. The second kappa shape index (κ2) is 7.75. The largest absolute Gasteiger partial charge is 0.302 e. The van der Waals surface area contributed by atoms with Crippen molar-refractivity contribution in [3.8, 4) is 0 Å². The smallest absolute Gasteiger partial charge is 0.143 e. The minimum Gasteiger partial charge on any atom is -0.302 e. The lowest BCUT2D eigenvalue weighted by Gasteiger charge is -2.09. The number of rotatable bonds is 5. The maximum absolute atomic E-state index is 12.6. The first-order chi connectivity index (χ1) is 11.7. The van der Waals surface area contributed by atoms with Gasteiger partial charge >= 0.3 is 0 Å². The van der Waals surface area contributed by atoms with E-state index in [2.05, 4.69) is 4.72 Å². The van der Waals surface area contributed by atoms with Crippen LogP contribution in [0.15, 0.2) is 90.3 Å². The Labute approximate surface area is 145 Å². The standard InChI is InChI=1S/C21H19NOS/c1-17-12-14-20(15-13-17)22-24(23)16-21(18-8-4-2-5-9-18)19-10-6-3-7-11-19/h2-16,22H,1H3. The van der Waals surface area contributed by atoms with E-state index in [4.69, 9.17) is 0 Å². The number of anilines is 1. The Bertz CT molecular complexity index is 799. The molecule has 1 atom stereocenters. The van der Waals surface area contributed by atoms with Crippen LogP contribution in [0.4, 0.5) is 5.69 Å². The zero-order valence-corrected chi connectivity index (χ0v) is 14.3. The Morgan fingerprint density at radius 1 is 0.792 bits per heavy atom. The van der Waals surface area contributed by atoms with Crippen LogP contribution in [-0.2, 0) is 11.0 Å². The van der Waals surface area contributed by atoms with Gasteiger partial charge in [-0.05, 0) is 35.8 Å². The van der Waals surface area contributed by atoms with Gasteiger partial charge in [0.1, 0.15) is 11.0 Å². The summed E-state index contributed by atoms with van der Waals surface area (Å²) in [6.07, 6.45) is 0. The fourth-order valence-corrected chi connectivity index (χ4v) is 3.33. The highest BCUT2D eigenvalue weighted by Gasteiger charge is 2.07. The second-order valence-electron chi connectivity index (χ2n) is 5.53. The predicted molar refractivity (Wildman–Crippen MR) is 103 cm³/mol. The van der Waals surface area contributed by atoms with E-state index in [9.17, 15) is 4.21 Å². The minimum absolute atomic E-state index is 0.843. The zero-order chi connectivity index (χ0) is 16.8. The maximum Gasteiger partial charge on any atom is 0.143 e. The van der Waals surface area contributed by atoms with Crippen LogP contribution >= 0.6 is 0 Å². The van der Waals surface area contributed by atoms with E-state index in [1.54, 1.807) is 5.41 Å². The average molecular weight is 333 g/mol. The summed E-state index contributed by atoms with van der Waals surface area (Å²) in [7, 11) is -1.32. The fourth-order valence-electron chi connectivity index (χ4n) is 2.41. The molecule has 2 nitrogen and oxygen atoms in total. The molecule has 0 spiro atoms. The van der Waals surface area contributed by atoms with Crippen molar-refractivity contribution in [1.82, 2.24) is 0 Å². The van der Waals surface area contributed by atoms with Crippen LogP contribution in [0.1, 0.15) is 16.7 Å². The van der Waals surface area contributed by atoms with Crippen molar-refractivity contribution >= 4 is 22.2 Å². The third-order valence-electron chi connectivity index (χ3n) is 3.66. The van der Waals surface area contributed by atoms with Gasteiger partial charge in [0.25, 0.3) is 0 Å². The molecule has 0 saturated heterocycles. The van der Waals surface area contributed by atoms with Crippen molar-refractivity contribution in [2.24, 2.45) is 0 Å². The van der Waals surface area contributed by atoms with Gasteiger partial charge in [0.15, 0.2) is 0 Å². The molecule has 120 valence electrons. The van der Waals surface area contributed by atoms with Crippen LogP contribution in [0.5, 0.6) is 0 Å². The molecule has 3 aromatic carbocycles. The van der Waals surface area contributed by atoms with Crippen LogP contribution in [-0.4, -0.2) is 4.21 Å². The third kappa shape index (κ3) is 4.21. The number of aryl methyl sites for hydroxylation is 1. The summed E-state index contributed by atoms with van der Waals surface area (Å²) >= 11 is 0. The first-order valence-corrected chi connectivity index (χ1v) is 9.00. The predicted octanol–water partition coefficient (Wildman–Crippen LogP) is 5.16. The Morgan fingerprint density at radius 3 is 1.79 bits per heavy atom. The van der Waals surface area contributed by atoms with Crippen LogP contribution in [0, 0.1) is 6.92 Å². The van der Waals surface area contributed by atoms with Gasteiger partial charge in [-0.3, -0.25) is 0 Å². The van der Waals surface area contributed by atoms with E-state index < -0.39 is 11.0 Å². The van der Waals surface area contributed by atoms with Gasteiger partial charge in [0, 0.05) is 11.1 Å². The summed E-state index contributed by atoms with van der Waals surface area (Å²) < 4.78 is 15.6. The van der Waals surface area contributed by atoms with E-state index in [0.29, 0.717) is 0 Å². The molecule has 1 N–H and O–H groups in total. The van der Waals surface area contributed by atoms with Gasteiger partial charge in [0.2, 0.25) is 0 Å². The molecule has 3 heteroatoms. The quantitative estimate of drug-likeness (QED) is 0.686. The Morgan fingerprint density at radius 2 is 1.29 bits per heavy atom. The minimum atomic E-state index is -1.32. The van der Waals surface area contributed by atoms with E-state index in [1.165, 1.54) is 5.56 Å². The molecule has 0 aliphatic heterocycles. The Kier molecular flexibility index (Phi) is 5.24. The van der Waals surface area contributed by atoms with Gasteiger partial charge in [-0.25, -0.2) is 4.21 Å². The topological polar surface area (TPSA) is 29.1 Å². The van der Waals surface area contributed by atoms with E-state index >= 15 is 0 Å². The molecule has 24 heavy (non-hydrogen) atoms. The molecule has 1 unspecified atom stereocenters. The molecule has 3 aromatic rings. The molecule has 0 aliphatic rings. The molecular formula is C21H19NOS. The monoisotopic (exact) mass is 333 g/mol.